The molecule has 1 fully saturated rings. The average molecular weight is 374 g/mol. The SMILES string of the molecule is O=C(Nc1ccc(N2CCCn3c(nc4ccccc43)C2)cc1)C1CCCC1. The number of rotatable bonds is 3. The molecule has 2 aliphatic rings. The van der Waals surface area contributed by atoms with Gasteiger partial charge in [-0.05, 0) is 55.7 Å². The molecule has 5 rings (SSSR count). The first-order valence-corrected chi connectivity index (χ1v) is 10.4. The minimum atomic E-state index is 0.175. The Morgan fingerprint density at radius 3 is 2.57 bits per heavy atom. The molecule has 0 atom stereocenters. The number of aromatic nitrogens is 2. The van der Waals surface area contributed by atoms with Crippen molar-refractivity contribution in [1.29, 1.82) is 0 Å². The topological polar surface area (TPSA) is 50.2 Å². The van der Waals surface area contributed by atoms with E-state index < -0.39 is 0 Å². The molecule has 5 nitrogen and oxygen atoms in total. The van der Waals surface area contributed by atoms with Gasteiger partial charge in [0.05, 0.1) is 17.6 Å². The first-order valence-electron chi connectivity index (χ1n) is 10.4. The van der Waals surface area contributed by atoms with Crippen LogP contribution >= 0.6 is 0 Å². The Morgan fingerprint density at radius 1 is 0.964 bits per heavy atom. The summed E-state index contributed by atoms with van der Waals surface area (Å²) in [6.45, 7) is 2.82. The van der Waals surface area contributed by atoms with Crippen LogP contribution in [0.25, 0.3) is 11.0 Å². The van der Waals surface area contributed by atoms with Crippen molar-refractivity contribution in [3.8, 4) is 0 Å². The van der Waals surface area contributed by atoms with Crippen LogP contribution in [-0.2, 0) is 17.9 Å². The first-order chi connectivity index (χ1) is 13.8. The van der Waals surface area contributed by atoms with E-state index in [1.807, 2.05) is 18.2 Å². The molecule has 1 aromatic heterocycles. The summed E-state index contributed by atoms with van der Waals surface area (Å²) in [6, 6.07) is 16.6. The highest BCUT2D eigenvalue weighted by Crippen LogP contribution is 2.28. The molecule has 3 aromatic rings. The predicted octanol–water partition coefficient (Wildman–Crippen LogP) is 4.58. The smallest absolute Gasteiger partial charge is 0.227 e. The maximum atomic E-state index is 12.3. The number of fused-ring (bicyclic) bond motifs is 3. The lowest BCUT2D eigenvalue weighted by molar-refractivity contribution is -0.119. The zero-order valence-corrected chi connectivity index (χ0v) is 16.1. The van der Waals surface area contributed by atoms with Gasteiger partial charge in [0.1, 0.15) is 5.82 Å². The van der Waals surface area contributed by atoms with Crippen LogP contribution in [0.3, 0.4) is 0 Å². The summed E-state index contributed by atoms with van der Waals surface area (Å²) in [7, 11) is 0. The molecule has 5 heteroatoms. The molecule has 1 aliphatic heterocycles. The van der Waals surface area contributed by atoms with Crippen molar-refractivity contribution < 1.29 is 4.79 Å². The summed E-state index contributed by atoms with van der Waals surface area (Å²) < 4.78 is 2.35. The third kappa shape index (κ3) is 3.26. The summed E-state index contributed by atoms with van der Waals surface area (Å²) in [5.41, 5.74) is 4.37. The van der Waals surface area contributed by atoms with Crippen LogP contribution in [0, 0.1) is 5.92 Å². The van der Waals surface area contributed by atoms with Gasteiger partial charge in [-0.25, -0.2) is 4.98 Å². The van der Waals surface area contributed by atoms with E-state index in [2.05, 4.69) is 45.1 Å². The third-order valence-electron chi connectivity index (χ3n) is 6.10. The normalized spacial score (nSPS) is 17.5. The Balaban J connectivity index is 1.32. The quantitative estimate of drug-likeness (QED) is 0.730. The Bertz CT molecular complexity index is 986. The van der Waals surface area contributed by atoms with Gasteiger partial charge < -0.3 is 14.8 Å². The summed E-state index contributed by atoms with van der Waals surface area (Å²) in [5.74, 6) is 1.49. The predicted molar refractivity (Wildman–Crippen MR) is 112 cm³/mol. The number of hydrogen-bond acceptors (Lipinski definition) is 3. The molecule has 0 radical (unpaired) electrons. The highest BCUT2D eigenvalue weighted by atomic mass is 16.1. The second-order valence-electron chi connectivity index (χ2n) is 7.96. The van der Waals surface area contributed by atoms with Gasteiger partial charge in [-0.3, -0.25) is 4.79 Å². The van der Waals surface area contributed by atoms with Crippen LogP contribution in [0.15, 0.2) is 48.5 Å². The molecule has 0 spiro atoms. The van der Waals surface area contributed by atoms with Crippen molar-refractivity contribution in [2.24, 2.45) is 5.92 Å². The van der Waals surface area contributed by atoms with Crippen molar-refractivity contribution in [1.82, 2.24) is 9.55 Å². The molecule has 28 heavy (non-hydrogen) atoms. The standard InChI is InChI=1S/C23H26N4O/c28-23(17-6-1-2-7-17)24-18-10-12-19(13-11-18)26-14-5-15-27-21-9-4-3-8-20(21)25-22(27)16-26/h3-4,8-13,17H,1-2,5-7,14-16H2,(H,24,28). The molecule has 1 aliphatic carbocycles. The average Bonchev–Trinajstić information content (AvgIpc) is 3.32. The summed E-state index contributed by atoms with van der Waals surface area (Å²) in [5, 5.41) is 3.09. The van der Waals surface area contributed by atoms with Crippen LogP contribution in [0.5, 0.6) is 0 Å². The van der Waals surface area contributed by atoms with Gasteiger partial charge in [-0.1, -0.05) is 25.0 Å². The lowest BCUT2D eigenvalue weighted by Crippen LogP contribution is -2.23. The van der Waals surface area contributed by atoms with E-state index in [0.29, 0.717) is 0 Å². The summed E-state index contributed by atoms with van der Waals surface area (Å²) >= 11 is 0. The van der Waals surface area contributed by atoms with Crippen molar-refractivity contribution >= 4 is 28.3 Å². The van der Waals surface area contributed by atoms with Crippen LogP contribution in [0.4, 0.5) is 11.4 Å². The van der Waals surface area contributed by atoms with Gasteiger partial charge in [0.25, 0.3) is 0 Å². The summed E-state index contributed by atoms with van der Waals surface area (Å²) in [4.78, 5) is 19.6. The number of amides is 1. The monoisotopic (exact) mass is 374 g/mol. The van der Waals surface area contributed by atoms with E-state index in [1.54, 1.807) is 0 Å². The Kier molecular flexibility index (Phi) is 4.51. The Morgan fingerprint density at radius 2 is 1.75 bits per heavy atom. The van der Waals surface area contributed by atoms with Crippen LogP contribution < -0.4 is 10.2 Å². The number of carbonyl (C=O) groups excluding carboxylic acids is 1. The number of carbonyl (C=O) groups is 1. The number of aryl methyl sites for hydroxylation is 1. The highest BCUT2D eigenvalue weighted by molar-refractivity contribution is 5.92. The third-order valence-corrected chi connectivity index (χ3v) is 6.10. The molecular formula is C23H26N4O. The molecule has 0 saturated heterocycles. The highest BCUT2D eigenvalue weighted by Gasteiger charge is 2.23. The van der Waals surface area contributed by atoms with Gasteiger partial charge >= 0.3 is 0 Å². The molecule has 0 unspecified atom stereocenters. The van der Waals surface area contributed by atoms with E-state index in [1.165, 1.54) is 24.0 Å². The molecular weight excluding hydrogens is 348 g/mol. The largest absolute Gasteiger partial charge is 0.364 e. The second-order valence-corrected chi connectivity index (χ2v) is 7.96. The fourth-order valence-electron chi connectivity index (χ4n) is 4.57. The fourth-order valence-corrected chi connectivity index (χ4v) is 4.57. The molecule has 0 bridgehead atoms. The first kappa shape index (κ1) is 17.3. The molecule has 1 amide bonds. The number of hydrogen-bond donors (Lipinski definition) is 1. The number of anilines is 2. The molecule has 2 aromatic carbocycles. The minimum absolute atomic E-state index is 0.175. The maximum absolute atomic E-state index is 12.3. The van der Waals surface area contributed by atoms with E-state index in [-0.39, 0.29) is 11.8 Å². The zero-order valence-electron chi connectivity index (χ0n) is 16.1. The van der Waals surface area contributed by atoms with Gasteiger partial charge in [-0.15, -0.1) is 0 Å². The van der Waals surface area contributed by atoms with Gasteiger partial charge in [0.2, 0.25) is 5.91 Å². The van der Waals surface area contributed by atoms with Crippen LogP contribution in [0.2, 0.25) is 0 Å². The molecule has 1 saturated carbocycles. The van der Waals surface area contributed by atoms with Crippen molar-refractivity contribution in [3.05, 3.63) is 54.4 Å². The van der Waals surface area contributed by atoms with Crippen LogP contribution in [-0.4, -0.2) is 22.0 Å². The zero-order chi connectivity index (χ0) is 18.9. The van der Waals surface area contributed by atoms with Crippen LogP contribution in [0.1, 0.15) is 37.9 Å². The molecule has 1 N–H and O–H groups in total. The Hall–Kier alpha value is -2.82. The Labute approximate surface area is 165 Å². The van der Waals surface area contributed by atoms with Crippen molar-refractivity contribution in [3.63, 3.8) is 0 Å². The van der Waals surface area contributed by atoms with E-state index >= 15 is 0 Å². The number of para-hydroxylation sites is 2. The molecule has 144 valence electrons. The number of benzene rings is 2. The van der Waals surface area contributed by atoms with E-state index in [9.17, 15) is 4.79 Å². The van der Waals surface area contributed by atoms with Gasteiger partial charge in [0.15, 0.2) is 0 Å². The fraction of sp³-hybridized carbons (Fsp3) is 0.391. The molecule has 2 heterocycles. The number of nitrogens with one attached hydrogen (secondary N) is 1. The summed E-state index contributed by atoms with van der Waals surface area (Å²) in [6.07, 6.45) is 5.50. The van der Waals surface area contributed by atoms with Gasteiger partial charge in [-0.2, -0.15) is 0 Å². The number of nitrogens with zero attached hydrogens (tertiary/aromatic N) is 3. The second kappa shape index (κ2) is 7.30. The van der Waals surface area contributed by atoms with Gasteiger partial charge in [0, 0.05) is 30.4 Å². The lowest BCUT2D eigenvalue weighted by atomic mass is 10.1. The van der Waals surface area contributed by atoms with E-state index in [0.717, 1.165) is 55.9 Å². The minimum Gasteiger partial charge on any atom is -0.364 e. The lowest BCUT2D eigenvalue weighted by Gasteiger charge is -2.22. The maximum Gasteiger partial charge on any atom is 0.227 e. The van der Waals surface area contributed by atoms with Crippen molar-refractivity contribution in [2.45, 2.75) is 45.2 Å². The number of imidazole rings is 1. The van der Waals surface area contributed by atoms with E-state index in [4.69, 9.17) is 4.98 Å². The van der Waals surface area contributed by atoms with Crippen molar-refractivity contribution in [2.75, 3.05) is 16.8 Å².